The highest BCUT2D eigenvalue weighted by molar-refractivity contribution is 6.02. The molecule has 1 amide bonds. The number of methoxy groups -OCH3 is 1. The van der Waals surface area contributed by atoms with E-state index in [4.69, 9.17) is 9.84 Å². The summed E-state index contributed by atoms with van der Waals surface area (Å²) in [5.41, 5.74) is 7.94. The van der Waals surface area contributed by atoms with E-state index >= 15 is 0 Å². The molecular formula is C28H27N3O2. The third-order valence-electron chi connectivity index (χ3n) is 6.44. The van der Waals surface area contributed by atoms with Crippen LogP contribution in [0.2, 0.25) is 0 Å². The second-order valence-electron chi connectivity index (χ2n) is 8.45. The van der Waals surface area contributed by atoms with Gasteiger partial charge in [-0.25, -0.2) is 4.68 Å². The third-order valence-corrected chi connectivity index (χ3v) is 6.44. The largest absolute Gasteiger partial charge is 0.497 e. The van der Waals surface area contributed by atoms with E-state index in [1.54, 1.807) is 7.11 Å². The lowest BCUT2D eigenvalue weighted by Gasteiger charge is -2.29. The molecule has 2 heterocycles. The van der Waals surface area contributed by atoms with E-state index in [-0.39, 0.29) is 5.91 Å². The summed E-state index contributed by atoms with van der Waals surface area (Å²) >= 11 is 0. The van der Waals surface area contributed by atoms with E-state index in [0.29, 0.717) is 24.4 Å². The zero-order valence-corrected chi connectivity index (χ0v) is 19.2. The fraction of sp³-hybridized carbons (Fsp3) is 0.214. The highest BCUT2D eigenvalue weighted by atomic mass is 16.5. The standard InChI is InChI=1S/C28H27N3O2/c1-19-27(20(2)31(29-19)23-11-5-4-6-12-23)25-14-13-24(33-3)17-26(25)28(32)30-16-15-21-9-7-8-10-22(21)18-30/h4-14,17H,15-16,18H2,1-3H3. The van der Waals surface area contributed by atoms with Gasteiger partial charge >= 0.3 is 0 Å². The van der Waals surface area contributed by atoms with Gasteiger partial charge in [-0.1, -0.05) is 42.5 Å². The van der Waals surface area contributed by atoms with Crippen molar-refractivity contribution in [2.24, 2.45) is 0 Å². The maximum Gasteiger partial charge on any atom is 0.254 e. The zero-order valence-electron chi connectivity index (χ0n) is 19.2. The van der Waals surface area contributed by atoms with Crippen LogP contribution in [0.3, 0.4) is 0 Å². The number of nitrogens with zero attached hydrogens (tertiary/aromatic N) is 3. The van der Waals surface area contributed by atoms with E-state index in [0.717, 1.165) is 34.6 Å². The molecule has 5 nitrogen and oxygen atoms in total. The smallest absolute Gasteiger partial charge is 0.254 e. The van der Waals surface area contributed by atoms with Crippen LogP contribution in [0.15, 0.2) is 72.8 Å². The van der Waals surface area contributed by atoms with Gasteiger partial charge in [0.05, 0.1) is 24.1 Å². The van der Waals surface area contributed by atoms with Gasteiger partial charge in [-0.15, -0.1) is 0 Å². The quantitative estimate of drug-likeness (QED) is 0.432. The van der Waals surface area contributed by atoms with Gasteiger partial charge in [-0.2, -0.15) is 5.10 Å². The first-order valence-electron chi connectivity index (χ1n) is 11.2. The number of fused-ring (bicyclic) bond motifs is 1. The number of hydrogen-bond donors (Lipinski definition) is 0. The second-order valence-corrected chi connectivity index (χ2v) is 8.45. The van der Waals surface area contributed by atoms with Crippen molar-refractivity contribution in [3.63, 3.8) is 0 Å². The van der Waals surface area contributed by atoms with Gasteiger partial charge in [-0.3, -0.25) is 4.79 Å². The predicted octanol–water partition coefficient (Wildman–Crippen LogP) is 5.36. The third kappa shape index (κ3) is 3.80. The molecule has 0 aliphatic carbocycles. The normalized spacial score (nSPS) is 13.0. The fourth-order valence-corrected chi connectivity index (χ4v) is 4.74. The zero-order chi connectivity index (χ0) is 22.9. The Balaban J connectivity index is 1.58. The topological polar surface area (TPSA) is 47.4 Å². The van der Waals surface area contributed by atoms with E-state index < -0.39 is 0 Å². The van der Waals surface area contributed by atoms with Crippen LogP contribution < -0.4 is 4.74 Å². The highest BCUT2D eigenvalue weighted by Gasteiger charge is 2.26. The molecule has 1 aliphatic heterocycles. The maximum atomic E-state index is 13.8. The molecule has 3 aromatic carbocycles. The van der Waals surface area contributed by atoms with Gasteiger partial charge < -0.3 is 9.64 Å². The molecule has 0 saturated heterocycles. The molecule has 4 aromatic rings. The molecule has 33 heavy (non-hydrogen) atoms. The summed E-state index contributed by atoms with van der Waals surface area (Å²) in [6, 6.07) is 24.2. The van der Waals surface area contributed by atoms with E-state index in [1.807, 2.05) is 71.1 Å². The molecule has 0 bridgehead atoms. The summed E-state index contributed by atoms with van der Waals surface area (Å²) in [6.07, 6.45) is 0.866. The minimum Gasteiger partial charge on any atom is -0.497 e. The summed E-state index contributed by atoms with van der Waals surface area (Å²) in [5.74, 6) is 0.690. The minimum absolute atomic E-state index is 0.0182. The van der Waals surface area contributed by atoms with Gasteiger partial charge in [0.25, 0.3) is 5.91 Å². The number of carbonyl (C=O) groups is 1. The number of aryl methyl sites for hydroxylation is 1. The molecule has 0 atom stereocenters. The number of amides is 1. The lowest BCUT2D eigenvalue weighted by Crippen LogP contribution is -2.36. The predicted molar refractivity (Wildman–Crippen MR) is 130 cm³/mol. The van der Waals surface area contributed by atoms with Crippen molar-refractivity contribution >= 4 is 5.91 Å². The Morgan fingerprint density at radius 3 is 2.42 bits per heavy atom. The first-order chi connectivity index (χ1) is 16.1. The number of aromatic nitrogens is 2. The van der Waals surface area contributed by atoms with Crippen molar-refractivity contribution in [2.75, 3.05) is 13.7 Å². The SMILES string of the molecule is COc1ccc(-c2c(C)nn(-c3ccccc3)c2C)c(C(=O)N2CCc3ccccc3C2)c1. The Bertz CT molecular complexity index is 1320. The Hall–Kier alpha value is -3.86. The first kappa shape index (κ1) is 21.0. The summed E-state index contributed by atoms with van der Waals surface area (Å²) in [7, 11) is 1.63. The molecule has 1 aromatic heterocycles. The Morgan fingerprint density at radius 2 is 1.67 bits per heavy atom. The summed E-state index contributed by atoms with van der Waals surface area (Å²) in [5, 5.41) is 4.80. The Kier molecular flexibility index (Phi) is 5.47. The van der Waals surface area contributed by atoms with Crippen molar-refractivity contribution in [2.45, 2.75) is 26.8 Å². The van der Waals surface area contributed by atoms with Crippen LogP contribution in [0.4, 0.5) is 0 Å². The first-order valence-corrected chi connectivity index (χ1v) is 11.2. The minimum atomic E-state index is 0.0182. The number of ether oxygens (including phenoxy) is 1. The van der Waals surface area contributed by atoms with Gasteiger partial charge in [0.1, 0.15) is 5.75 Å². The van der Waals surface area contributed by atoms with Crippen LogP contribution >= 0.6 is 0 Å². The summed E-state index contributed by atoms with van der Waals surface area (Å²) in [4.78, 5) is 15.8. The van der Waals surface area contributed by atoms with Gasteiger partial charge in [0, 0.05) is 24.3 Å². The van der Waals surface area contributed by atoms with Crippen LogP contribution in [-0.2, 0) is 13.0 Å². The lowest BCUT2D eigenvalue weighted by atomic mass is 9.95. The maximum absolute atomic E-state index is 13.8. The molecule has 0 saturated carbocycles. The molecule has 1 aliphatic rings. The highest BCUT2D eigenvalue weighted by Crippen LogP contribution is 2.34. The van der Waals surface area contributed by atoms with Crippen molar-refractivity contribution in [3.8, 4) is 22.6 Å². The molecule has 0 unspecified atom stereocenters. The summed E-state index contributed by atoms with van der Waals surface area (Å²) in [6.45, 7) is 5.37. The van der Waals surface area contributed by atoms with Crippen molar-refractivity contribution in [1.82, 2.24) is 14.7 Å². The molecule has 0 fully saturated rings. The van der Waals surface area contributed by atoms with Crippen LogP contribution in [0.5, 0.6) is 5.75 Å². The molecule has 0 N–H and O–H groups in total. The number of benzene rings is 3. The number of carbonyl (C=O) groups excluding carboxylic acids is 1. The number of hydrogen-bond acceptors (Lipinski definition) is 3. The van der Waals surface area contributed by atoms with E-state index in [2.05, 4.69) is 25.1 Å². The van der Waals surface area contributed by atoms with Crippen LogP contribution in [0.1, 0.15) is 32.9 Å². The average Bonchev–Trinajstić information content (AvgIpc) is 3.16. The van der Waals surface area contributed by atoms with Gasteiger partial charge in [0.15, 0.2) is 0 Å². The molecule has 5 heteroatoms. The molecular weight excluding hydrogens is 410 g/mol. The van der Waals surface area contributed by atoms with Crippen molar-refractivity contribution in [1.29, 1.82) is 0 Å². The van der Waals surface area contributed by atoms with Gasteiger partial charge in [0.2, 0.25) is 0 Å². The van der Waals surface area contributed by atoms with Crippen LogP contribution in [0, 0.1) is 13.8 Å². The second kappa shape index (κ2) is 8.58. The molecule has 0 spiro atoms. The lowest BCUT2D eigenvalue weighted by molar-refractivity contribution is 0.0735. The van der Waals surface area contributed by atoms with Crippen molar-refractivity contribution < 1.29 is 9.53 Å². The number of para-hydroxylation sites is 1. The average molecular weight is 438 g/mol. The van der Waals surface area contributed by atoms with Gasteiger partial charge in [-0.05, 0) is 67.3 Å². The number of rotatable bonds is 4. The fourth-order valence-electron chi connectivity index (χ4n) is 4.74. The molecule has 5 rings (SSSR count). The Morgan fingerprint density at radius 1 is 0.939 bits per heavy atom. The summed E-state index contributed by atoms with van der Waals surface area (Å²) < 4.78 is 7.43. The molecule has 0 radical (unpaired) electrons. The van der Waals surface area contributed by atoms with E-state index in [9.17, 15) is 4.79 Å². The van der Waals surface area contributed by atoms with E-state index in [1.165, 1.54) is 11.1 Å². The Labute approximate surface area is 194 Å². The van der Waals surface area contributed by atoms with Crippen molar-refractivity contribution in [3.05, 3.63) is 101 Å². The van der Waals surface area contributed by atoms with Crippen LogP contribution in [0.25, 0.3) is 16.8 Å². The van der Waals surface area contributed by atoms with Crippen LogP contribution in [-0.4, -0.2) is 34.2 Å². The molecule has 166 valence electrons. The monoisotopic (exact) mass is 437 g/mol.